The van der Waals surface area contributed by atoms with Gasteiger partial charge in [-0.1, -0.05) is 83.1 Å². The standard InChI is InChI=1S/C12H22O2.C10H18O2/c1-11(2,3)7-8(12(4,5)6)10(14)9(7)13;1-9(2,3)7(11)8(12)10(4,5)6/h9-10,13-14H,1-6H3;1-6H3. The van der Waals surface area contributed by atoms with Crippen molar-refractivity contribution >= 4 is 11.6 Å². The normalized spacial score (nSPS) is 21.6. The lowest BCUT2D eigenvalue weighted by Gasteiger charge is -2.47. The number of aliphatic hydroxyl groups excluding tert-OH is 2. The lowest BCUT2D eigenvalue weighted by Crippen LogP contribution is -2.49. The van der Waals surface area contributed by atoms with E-state index in [2.05, 4.69) is 41.5 Å². The van der Waals surface area contributed by atoms with Gasteiger partial charge in [-0.2, -0.15) is 0 Å². The number of carbonyl (C=O) groups is 2. The van der Waals surface area contributed by atoms with Gasteiger partial charge in [-0.05, 0) is 22.0 Å². The van der Waals surface area contributed by atoms with E-state index in [4.69, 9.17) is 0 Å². The molecule has 0 fully saturated rings. The maximum absolute atomic E-state index is 11.5. The van der Waals surface area contributed by atoms with Crippen LogP contribution in [0.3, 0.4) is 0 Å². The van der Waals surface area contributed by atoms with E-state index in [1.807, 2.05) is 0 Å². The van der Waals surface area contributed by atoms with E-state index in [0.29, 0.717) is 0 Å². The molecule has 0 aromatic carbocycles. The highest BCUT2D eigenvalue weighted by molar-refractivity contribution is 6.40. The highest BCUT2D eigenvalue weighted by Crippen LogP contribution is 2.48. The Hall–Kier alpha value is -1.00. The first-order valence-corrected chi connectivity index (χ1v) is 9.34. The highest BCUT2D eigenvalue weighted by atomic mass is 16.3. The van der Waals surface area contributed by atoms with Crippen LogP contribution in [0.25, 0.3) is 0 Å². The van der Waals surface area contributed by atoms with Gasteiger partial charge in [0.1, 0.15) is 12.2 Å². The number of aliphatic hydroxyl groups is 2. The summed E-state index contributed by atoms with van der Waals surface area (Å²) in [6, 6.07) is 0. The average molecular weight is 369 g/mol. The average Bonchev–Trinajstić information content (AvgIpc) is 2.37. The predicted molar refractivity (Wildman–Crippen MR) is 107 cm³/mol. The minimum Gasteiger partial charge on any atom is -0.386 e. The van der Waals surface area contributed by atoms with Crippen molar-refractivity contribution in [3.05, 3.63) is 11.1 Å². The molecule has 0 heterocycles. The molecule has 4 nitrogen and oxygen atoms in total. The summed E-state index contributed by atoms with van der Waals surface area (Å²) >= 11 is 0. The summed E-state index contributed by atoms with van der Waals surface area (Å²) in [5.74, 6) is -0.565. The van der Waals surface area contributed by atoms with E-state index in [-0.39, 0.29) is 22.4 Å². The summed E-state index contributed by atoms with van der Waals surface area (Å²) in [6.07, 6.45) is -1.33. The van der Waals surface area contributed by atoms with Gasteiger partial charge in [0.05, 0.1) is 0 Å². The zero-order valence-electron chi connectivity index (χ0n) is 18.9. The minimum atomic E-state index is -0.663. The van der Waals surface area contributed by atoms with Gasteiger partial charge in [0, 0.05) is 10.8 Å². The molecule has 0 aromatic heterocycles. The Morgan fingerprint density at radius 2 is 0.769 bits per heavy atom. The summed E-state index contributed by atoms with van der Waals surface area (Å²) in [6.45, 7) is 23.0. The van der Waals surface area contributed by atoms with Gasteiger partial charge in [0.2, 0.25) is 11.6 Å². The first-order chi connectivity index (χ1) is 11.1. The summed E-state index contributed by atoms with van der Waals surface area (Å²) < 4.78 is 0. The van der Waals surface area contributed by atoms with Gasteiger partial charge >= 0.3 is 0 Å². The Balaban J connectivity index is 0.000000488. The molecule has 0 saturated heterocycles. The first kappa shape index (κ1) is 25.0. The quantitative estimate of drug-likeness (QED) is 0.534. The molecule has 0 spiro atoms. The summed E-state index contributed by atoms with van der Waals surface area (Å²) in [4.78, 5) is 22.9. The summed E-state index contributed by atoms with van der Waals surface area (Å²) in [7, 11) is 0. The number of carbonyl (C=O) groups excluding carboxylic acids is 2. The van der Waals surface area contributed by atoms with Crippen LogP contribution < -0.4 is 0 Å². The van der Waals surface area contributed by atoms with E-state index < -0.39 is 23.0 Å². The van der Waals surface area contributed by atoms with Crippen molar-refractivity contribution in [1.29, 1.82) is 0 Å². The van der Waals surface area contributed by atoms with Crippen molar-refractivity contribution in [3.63, 3.8) is 0 Å². The van der Waals surface area contributed by atoms with Gasteiger partial charge < -0.3 is 10.2 Å². The molecule has 0 aliphatic heterocycles. The highest BCUT2D eigenvalue weighted by Gasteiger charge is 2.47. The summed E-state index contributed by atoms with van der Waals surface area (Å²) in [5.41, 5.74) is 0.812. The molecule has 0 bridgehead atoms. The molecule has 2 N–H and O–H groups in total. The van der Waals surface area contributed by atoms with E-state index in [9.17, 15) is 19.8 Å². The Morgan fingerprint density at radius 1 is 0.577 bits per heavy atom. The van der Waals surface area contributed by atoms with Crippen LogP contribution in [-0.4, -0.2) is 34.0 Å². The number of hydrogen-bond acceptors (Lipinski definition) is 4. The van der Waals surface area contributed by atoms with Crippen molar-refractivity contribution < 1.29 is 19.8 Å². The SMILES string of the molecule is CC(C)(C)C(=O)C(=O)C(C)(C)C.CC(C)(C)C1=C(C(C)(C)C)C(O)C1O. The second kappa shape index (κ2) is 7.55. The van der Waals surface area contributed by atoms with Crippen LogP contribution in [0.2, 0.25) is 0 Å². The number of rotatable bonds is 1. The molecule has 1 aliphatic carbocycles. The molecule has 152 valence electrons. The monoisotopic (exact) mass is 368 g/mol. The third-order valence-corrected chi connectivity index (χ3v) is 4.37. The molecule has 0 aromatic rings. The van der Waals surface area contributed by atoms with Crippen molar-refractivity contribution in [1.82, 2.24) is 0 Å². The van der Waals surface area contributed by atoms with Gasteiger partial charge in [-0.25, -0.2) is 0 Å². The fourth-order valence-electron chi connectivity index (χ4n) is 2.91. The van der Waals surface area contributed by atoms with Crippen molar-refractivity contribution in [2.45, 2.75) is 95.3 Å². The molecule has 4 heteroatoms. The number of ketones is 2. The van der Waals surface area contributed by atoms with E-state index in [1.54, 1.807) is 41.5 Å². The smallest absolute Gasteiger partial charge is 0.204 e. The van der Waals surface area contributed by atoms with Crippen LogP contribution in [0.1, 0.15) is 83.1 Å². The molecule has 26 heavy (non-hydrogen) atoms. The molecule has 0 amide bonds. The molecule has 2 unspecified atom stereocenters. The zero-order valence-corrected chi connectivity index (χ0v) is 18.9. The Kier molecular flexibility index (Phi) is 7.26. The number of hydrogen-bond donors (Lipinski definition) is 2. The maximum atomic E-state index is 11.5. The van der Waals surface area contributed by atoms with Gasteiger partial charge in [-0.15, -0.1) is 0 Å². The van der Waals surface area contributed by atoms with Crippen LogP contribution in [0.4, 0.5) is 0 Å². The third-order valence-electron chi connectivity index (χ3n) is 4.37. The lowest BCUT2D eigenvalue weighted by atomic mass is 9.62. The Labute approximate surface area is 160 Å². The Morgan fingerprint density at radius 3 is 0.885 bits per heavy atom. The predicted octanol–water partition coefficient (Wildman–Crippen LogP) is 4.33. The molecule has 0 radical (unpaired) electrons. The van der Waals surface area contributed by atoms with Crippen LogP contribution in [0, 0.1) is 21.7 Å². The zero-order chi connectivity index (χ0) is 21.5. The molecular weight excluding hydrogens is 328 g/mol. The van der Waals surface area contributed by atoms with Gasteiger partial charge in [0.15, 0.2) is 0 Å². The Bertz CT molecular complexity index is 517. The molecule has 2 atom stereocenters. The second-order valence-electron chi connectivity index (χ2n) is 11.4. The first-order valence-electron chi connectivity index (χ1n) is 9.34. The van der Waals surface area contributed by atoms with Crippen LogP contribution in [-0.2, 0) is 9.59 Å². The van der Waals surface area contributed by atoms with E-state index in [1.165, 1.54) is 0 Å². The third kappa shape index (κ3) is 6.02. The molecule has 1 rings (SSSR count). The largest absolute Gasteiger partial charge is 0.386 e. The molecular formula is C22H40O4. The fraction of sp³-hybridized carbons (Fsp3) is 0.818. The summed E-state index contributed by atoms with van der Waals surface area (Å²) in [5, 5.41) is 19.5. The fourth-order valence-corrected chi connectivity index (χ4v) is 2.91. The maximum Gasteiger partial charge on any atom is 0.204 e. The molecule has 0 saturated carbocycles. The van der Waals surface area contributed by atoms with Crippen molar-refractivity contribution in [3.8, 4) is 0 Å². The van der Waals surface area contributed by atoms with E-state index in [0.717, 1.165) is 11.1 Å². The van der Waals surface area contributed by atoms with Crippen LogP contribution >= 0.6 is 0 Å². The van der Waals surface area contributed by atoms with E-state index >= 15 is 0 Å². The van der Waals surface area contributed by atoms with Crippen LogP contribution in [0.15, 0.2) is 11.1 Å². The van der Waals surface area contributed by atoms with Crippen molar-refractivity contribution in [2.75, 3.05) is 0 Å². The molecule has 1 aliphatic rings. The van der Waals surface area contributed by atoms with Crippen molar-refractivity contribution in [2.24, 2.45) is 21.7 Å². The van der Waals surface area contributed by atoms with Crippen LogP contribution in [0.5, 0.6) is 0 Å². The topological polar surface area (TPSA) is 74.6 Å². The number of Topliss-reactive ketones (excluding diaryl/α,β-unsaturated/α-hetero) is 2. The second-order valence-corrected chi connectivity index (χ2v) is 11.4. The lowest BCUT2D eigenvalue weighted by molar-refractivity contribution is -0.145. The van der Waals surface area contributed by atoms with Gasteiger partial charge in [0.25, 0.3) is 0 Å². The minimum absolute atomic E-state index is 0.0543. The van der Waals surface area contributed by atoms with Gasteiger partial charge in [-0.3, -0.25) is 9.59 Å².